The molecule has 0 N–H and O–H groups in total. The van der Waals surface area contributed by atoms with Crippen molar-refractivity contribution in [3.8, 4) is 0 Å². The van der Waals surface area contributed by atoms with E-state index in [9.17, 15) is 0 Å². The van der Waals surface area contributed by atoms with Gasteiger partial charge in [0.15, 0.2) is 0 Å². The minimum Gasteiger partial charge on any atom is -0.144 e. The van der Waals surface area contributed by atoms with Crippen LogP contribution >= 0.6 is 11.3 Å². The Hall–Kier alpha value is -0.820. The van der Waals surface area contributed by atoms with Crippen molar-refractivity contribution >= 4 is 22.1 Å². The average Bonchev–Trinajstić information content (AvgIpc) is 2.98. The van der Waals surface area contributed by atoms with Crippen LogP contribution < -0.4 is 0 Å². The Kier molecular flexibility index (Phi) is 11.0. The van der Waals surface area contributed by atoms with Gasteiger partial charge < -0.3 is 0 Å². The molecule has 0 aliphatic carbocycles. The summed E-state index contributed by atoms with van der Waals surface area (Å²) in [4.78, 5) is 3.10. The van der Waals surface area contributed by atoms with Gasteiger partial charge in [0.2, 0.25) is 0 Å². The van der Waals surface area contributed by atoms with Crippen molar-refractivity contribution in [3.63, 3.8) is 0 Å². The molecule has 1 heterocycles. The molecule has 0 fully saturated rings. The first-order chi connectivity index (χ1) is 12.8. The Labute approximate surface area is 166 Å². The second-order valence-corrected chi connectivity index (χ2v) is 9.28. The van der Waals surface area contributed by atoms with E-state index >= 15 is 0 Å². The summed E-state index contributed by atoms with van der Waals surface area (Å²) >= 11 is 2.01. The Morgan fingerprint density at radius 2 is 1.08 bits per heavy atom. The van der Waals surface area contributed by atoms with Crippen LogP contribution in [0.4, 0.5) is 0 Å². The summed E-state index contributed by atoms with van der Waals surface area (Å²) in [7, 11) is 0. The van der Waals surface area contributed by atoms with E-state index in [0.29, 0.717) is 0 Å². The number of hydrogen-bond acceptors (Lipinski definition) is 1. The molecule has 0 amide bonds. The summed E-state index contributed by atoms with van der Waals surface area (Å²) < 4.78 is 0. The molecule has 0 aliphatic heterocycles. The molecule has 26 heavy (non-hydrogen) atoms. The lowest BCUT2D eigenvalue weighted by Crippen LogP contribution is -1.85. The smallest absolute Gasteiger partial charge is 0.0127 e. The fourth-order valence-electron chi connectivity index (χ4n) is 3.99. The third kappa shape index (κ3) is 7.82. The highest BCUT2D eigenvalue weighted by atomic mass is 32.1. The van der Waals surface area contributed by atoms with Crippen LogP contribution in [0.15, 0.2) is 24.3 Å². The molecule has 0 spiro atoms. The highest BCUT2D eigenvalue weighted by molar-refractivity contribution is 7.13. The molecule has 1 aromatic carbocycles. The number of benzene rings is 1. The summed E-state index contributed by atoms with van der Waals surface area (Å²) in [6.45, 7) is 4.56. The zero-order chi connectivity index (χ0) is 18.5. The van der Waals surface area contributed by atoms with Crippen molar-refractivity contribution in [1.29, 1.82) is 0 Å². The van der Waals surface area contributed by atoms with Gasteiger partial charge in [0.05, 0.1) is 0 Å². The van der Waals surface area contributed by atoms with E-state index in [-0.39, 0.29) is 0 Å². The van der Waals surface area contributed by atoms with Crippen molar-refractivity contribution in [2.45, 2.75) is 110 Å². The SMILES string of the molecule is CCCCCCCCCCCCCCCCc1sc(C)c2ccccc12. The van der Waals surface area contributed by atoms with Gasteiger partial charge >= 0.3 is 0 Å². The maximum Gasteiger partial charge on any atom is 0.0127 e. The fraction of sp³-hybridized carbons (Fsp3) is 0.680. The van der Waals surface area contributed by atoms with Crippen molar-refractivity contribution in [2.24, 2.45) is 0 Å². The van der Waals surface area contributed by atoms with E-state index in [1.165, 1.54) is 112 Å². The Morgan fingerprint density at radius 1 is 0.615 bits per heavy atom. The van der Waals surface area contributed by atoms with E-state index in [0.717, 1.165) is 0 Å². The number of aryl methyl sites for hydroxylation is 2. The van der Waals surface area contributed by atoms with Crippen LogP contribution in [0.25, 0.3) is 10.8 Å². The highest BCUT2D eigenvalue weighted by Gasteiger charge is 2.07. The van der Waals surface area contributed by atoms with Crippen LogP contribution in [0.2, 0.25) is 0 Å². The van der Waals surface area contributed by atoms with Crippen LogP contribution in [-0.2, 0) is 6.42 Å². The van der Waals surface area contributed by atoms with Gasteiger partial charge in [-0.05, 0) is 30.5 Å². The van der Waals surface area contributed by atoms with Gasteiger partial charge in [0, 0.05) is 9.75 Å². The monoisotopic (exact) mass is 372 g/mol. The van der Waals surface area contributed by atoms with Gasteiger partial charge in [-0.25, -0.2) is 0 Å². The molecule has 2 rings (SSSR count). The quantitative estimate of drug-likeness (QED) is 0.273. The lowest BCUT2D eigenvalue weighted by molar-refractivity contribution is 0.536. The number of fused-ring (bicyclic) bond motifs is 1. The third-order valence-electron chi connectivity index (χ3n) is 5.64. The predicted molar refractivity (Wildman–Crippen MR) is 121 cm³/mol. The maximum atomic E-state index is 2.30. The minimum atomic E-state index is 1.27. The molecule has 146 valence electrons. The van der Waals surface area contributed by atoms with E-state index < -0.39 is 0 Å². The molecule has 0 saturated heterocycles. The summed E-state index contributed by atoms with van der Waals surface area (Å²) in [6, 6.07) is 8.93. The Balaban J connectivity index is 1.43. The molecule has 0 atom stereocenters. The van der Waals surface area contributed by atoms with E-state index in [1.54, 1.807) is 4.88 Å². The Morgan fingerprint density at radius 3 is 1.62 bits per heavy atom. The second kappa shape index (κ2) is 13.4. The van der Waals surface area contributed by atoms with E-state index in [4.69, 9.17) is 0 Å². The van der Waals surface area contributed by atoms with Crippen LogP contribution in [-0.4, -0.2) is 0 Å². The normalized spacial score (nSPS) is 11.5. The minimum absolute atomic E-state index is 1.27. The molecule has 0 saturated carbocycles. The highest BCUT2D eigenvalue weighted by Crippen LogP contribution is 2.31. The number of thiophene rings is 1. The molecule has 1 aromatic heterocycles. The van der Waals surface area contributed by atoms with Crippen LogP contribution in [0.1, 0.15) is 107 Å². The standard InChI is InChI=1S/C25H40S/c1-3-4-5-6-7-8-9-10-11-12-13-14-15-16-21-25-24-20-18-17-19-23(24)22(2)26-25/h17-20H,3-16,21H2,1-2H3. The first-order valence-corrected chi connectivity index (χ1v) is 12.1. The van der Waals surface area contributed by atoms with Crippen molar-refractivity contribution in [2.75, 3.05) is 0 Å². The Bertz CT molecular complexity index is 595. The first-order valence-electron chi connectivity index (χ1n) is 11.3. The topological polar surface area (TPSA) is 0 Å². The van der Waals surface area contributed by atoms with Gasteiger partial charge in [0.25, 0.3) is 0 Å². The van der Waals surface area contributed by atoms with E-state index in [1.807, 2.05) is 11.3 Å². The summed E-state index contributed by atoms with van der Waals surface area (Å²) in [5, 5.41) is 2.97. The van der Waals surface area contributed by atoms with Gasteiger partial charge in [-0.3, -0.25) is 0 Å². The zero-order valence-corrected chi connectivity index (χ0v) is 18.1. The van der Waals surface area contributed by atoms with Gasteiger partial charge in [0.1, 0.15) is 0 Å². The molecule has 0 radical (unpaired) electrons. The zero-order valence-electron chi connectivity index (χ0n) is 17.3. The molecule has 1 heteroatoms. The molecule has 0 bridgehead atoms. The molecular weight excluding hydrogens is 332 g/mol. The molecule has 2 aromatic rings. The lowest BCUT2D eigenvalue weighted by atomic mass is 10.0. The largest absolute Gasteiger partial charge is 0.144 e. The maximum absolute atomic E-state index is 2.30. The fourth-order valence-corrected chi connectivity index (χ4v) is 5.19. The van der Waals surface area contributed by atoms with Crippen LogP contribution in [0.5, 0.6) is 0 Å². The summed E-state index contributed by atoms with van der Waals surface area (Å²) in [5.74, 6) is 0. The summed E-state index contributed by atoms with van der Waals surface area (Å²) in [5.41, 5.74) is 0. The summed E-state index contributed by atoms with van der Waals surface area (Å²) in [6.07, 6.45) is 21.4. The second-order valence-electron chi connectivity index (χ2n) is 7.97. The van der Waals surface area contributed by atoms with Gasteiger partial charge in [-0.2, -0.15) is 0 Å². The van der Waals surface area contributed by atoms with Crippen molar-refractivity contribution < 1.29 is 0 Å². The molecular formula is C25H40S. The number of hydrogen-bond donors (Lipinski definition) is 0. The lowest BCUT2D eigenvalue weighted by Gasteiger charge is -2.03. The number of rotatable bonds is 15. The van der Waals surface area contributed by atoms with Crippen LogP contribution in [0, 0.1) is 6.92 Å². The van der Waals surface area contributed by atoms with Gasteiger partial charge in [-0.1, -0.05) is 115 Å². The average molecular weight is 373 g/mol. The van der Waals surface area contributed by atoms with Crippen LogP contribution in [0.3, 0.4) is 0 Å². The predicted octanol–water partition coefficient (Wildman–Crippen LogP) is 9.23. The van der Waals surface area contributed by atoms with Crippen molar-refractivity contribution in [3.05, 3.63) is 34.0 Å². The molecule has 0 aliphatic rings. The molecule has 0 unspecified atom stereocenters. The van der Waals surface area contributed by atoms with E-state index in [2.05, 4.69) is 38.1 Å². The van der Waals surface area contributed by atoms with Crippen molar-refractivity contribution in [1.82, 2.24) is 0 Å². The van der Waals surface area contributed by atoms with Gasteiger partial charge in [-0.15, -0.1) is 11.3 Å². The molecule has 0 nitrogen and oxygen atoms in total. The third-order valence-corrected chi connectivity index (χ3v) is 6.84. The number of unbranched alkanes of at least 4 members (excludes halogenated alkanes) is 13. The first kappa shape index (κ1) is 21.5.